The predicted molar refractivity (Wildman–Crippen MR) is 216 cm³/mol. The number of nitrogens with zero attached hydrogens (tertiary/aromatic N) is 1. The van der Waals surface area contributed by atoms with E-state index in [1.807, 2.05) is 0 Å². The van der Waals surface area contributed by atoms with Crippen LogP contribution in [0, 0.1) is 0 Å². The Morgan fingerprint density at radius 3 is 1.88 bits per heavy atom. The van der Waals surface area contributed by atoms with Gasteiger partial charge in [0, 0.05) is 32.9 Å². The van der Waals surface area contributed by atoms with Crippen LogP contribution in [0.25, 0.3) is 71.3 Å². The largest absolute Gasteiger partial charge is 0.455 e. The van der Waals surface area contributed by atoms with Gasteiger partial charge in [-0.05, 0) is 93.0 Å². The maximum absolute atomic E-state index is 6.66. The van der Waals surface area contributed by atoms with Gasteiger partial charge in [0.15, 0.2) is 0 Å². The van der Waals surface area contributed by atoms with Crippen LogP contribution in [0.2, 0.25) is 0 Å². The van der Waals surface area contributed by atoms with Crippen LogP contribution < -0.4 is 4.90 Å². The van der Waals surface area contributed by atoms with Crippen molar-refractivity contribution in [3.05, 3.63) is 194 Å². The van der Waals surface area contributed by atoms with Crippen LogP contribution in [0.4, 0.5) is 17.1 Å². The van der Waals surface area contributed by atoms with Crippen molar-refractivity contribution in [1.29, 1.82) is 0 Å². The number of hydrogen-bond donors (Lipinski definition) is 0. The zero-order valence-corrected chi connectivity index (χ0v) is 28.0. The highest BCUT2D eigenvalue weighted by atomic mass is 16.3. The molecule has 0 N–H and O–H groups in total. The molecule has 240 valence electrons. The molecule has 0 aliphatic heterocycles. The highest BCUT2D eigenvalue weighted by Gasteiger charge is 2.20. The standard InChI is InChI=1S/C49H33NO/c1-2-12-33(13-3-1)34-24-28-38(29-25-34)50(46-22-10-17-35-14-6-7-18-40(35)46)39-30-26-37(27-31-39)41-21-11-23-47-48(41)45-32-44(36-15-4-5-16-36)42-19-8-9-20-43(42)49(45)51-47/h1-15,17-32H,16H2. The maximum atomic E-state index is 6.66. The molecule has 51 heavy (non-hydrogen) atoms. The van der Waals surface area contributed by atoms with E-state index in [9.17, 15) is 0 Å². The summed E-state index contributed by atoms with van der Waals surface area (Å²) in [6, 6.07) is 61.0. The summed E-state index contributed by atoms with van der Waals surface area (Å²) >= 11 is 0. The predicted octanol–water partition coefficient (Wildman–Crippen LogP) is 14.0. The van der Waals surface area contributed by atoms with Gasteiger partial charge in [-0.3, -0.25) is 0 Å². The van der Waals surface area contributed by atoms with E-state index in [0.29, 0.717) is 0 Å². The lowest BCUT2D eigenvalue weighted by atomic mass is 9.93. The third-order valence-electron chi connectivity index (χ3n) is 10.3. The molecule has 8 aromatic carbocycles. The van der Waals surface area contributed by atoms with Crippen molar-refractivity contribution in [2.24, 2.45) is 0 Å². The molecule has 1 aromatic heterocycles. The van der Waals surface area contributed by atoms with Crippen molar-refractivity contribution in [1.82, 2.24) is 0 Å². The molecule has 10 rings (SSSR count). The molecule has 1 aliphatic rings. The average Bonchev–Trinajstić information content (AvgIpc) is 3.88. The SMILES string of the molecule is C1=CCC(c2cc3c(oc4cccc(-c5ccc(N(c6ccc(-c7ccccc7)cc6)c6cccc7ccccc67)cc5)c43)c3ccccc23)=C1. The zero-order valence-electron chi connectivity index (χ0n) is 28.0. The number of furan rings is 1. The monoisotopic (exact) mass is 651 g/mol. The molecule has 1 heterocycles. The summed E-state index contributed by atoms with van der Waals surface area (Å²) in [6.45, 7) is 0. The van der Waals surface area contributed by atoms with E-state index >= 15 is 0 Å². The number of benzene rings is 8. The molecule has 0 atom stereocenters. The molecule has 0 spiro atoms. The zero-order chi connectivity index (χ0) is 33.7. The third kappa shape index (κ3) is 4.95. The molecule has 9 aromatic rings. The summed E-state index contributed by atoms with van der Waals surface area (Å²) in [5, 5.41) is 7.12. The highest BCUT2D eigenvalue weighted by molar-refractivity contribution is 6.21. The quantitative estimate of drug-likeness (QED) is 0.178. The fourth-order valence-corrected chi connectivity index (χ4v) is 7.86. The van der Waals surface area contributed by atoms with E-state index in [-0.39, 0.29) is 0 Å². The molecule has 2 heteroatoms. The average molecular weight is 652 g/mol. The van der Waals surface area contributed by atoms with E-state index in [1.165, 1.54) is 44.0 Å². The summed E-state index contributed by atoms with van der Waals surface area (Å²) in [5.74, 6) is 0. The Balaban J connectivity index is 1.12. The Kier molecular flexibility index (Phi) is 6.92. The molecule has 0 radical (unpaired) electrons. The van der Waals surface area contributed by atoms with Crippen LogP contribution in [-0.2, 0) is 0 Å². The van der Waals surface area contributed by atoms with Gasteiger partial charge in [-0.25, -0.2) is 0 Å². The van der Waals surface area contributed by atoms with Crippen molar-refractivity contribution in [3.63, 3.8) is 0 Å². The van der Waals surface area contributed by atoms with Gasteiger partial charge >= 0.3 is 0 Å². The molecule has 0 saturated heterocycles. The number of fused-ring (bicyclic) bond motifs is 6. The summed E-state index contributed by atoms with van der Waals surface area (Å²) in [4.78, 5) is 2.37. The lowest BCUT2D eigenvalue weighted by Gasteiger charge is -2.27. The minimum Gasteiger partial charge on any atom is -0.455 e. The van der Waals surface area contributed by atoms with Crippen molar-refractivity contribution in [3.8, 4) is 22.3 Å². The van der Waals surface area contributed by atoms with Gasteiger partial charge < -0.3 is 9.32 Å². The molecule has 0 saturated carbocycles. The Labute approximate surface area is 296 Å². The van der Waals surface area contributed by atoms with Crippen LogP contribution in [0.1, 0.15) is 12.0 Å². The van der Waals surface area contributed by atoms with Gasteiger partial charge in [-0.2, -0.15) is 0 Å². The lowest BCUT2D eigenvalue weighted by molar-refractivity contribution is 0.672. The van der Waals surface area contributed by atoms with Gasteiger partial charge in [0.25, 0.3) is 0 Å². The first-order valence-electron chi connectivity index (χ1n) is 17.6. The summed E-state index contributed by atoms with van der Waals surface area (Å²) < 4.78 is 6.66. The number of anilines is 3. The molecule has 0 amide bonds. The van der Waals surface area contributed by atoms with Crippen molar-refractivity contribution < 1.29 is 4.42 Å². The van der Waals surface area contributed by atoms with E-state index < -0.39 is 0 Å². The summed E-state index contributed by atoms with van der Waals surface area (Å²) in [6.07, 6.45) is 7.58. The van der Waals surface area contributed by atoms with E-state index in [0.717, 1.165) is 56.4 Å². The number of allylic oxidation sites excluding steroid dienone is 4. The van der Waals surface area contributed by atoms with Gasteiger partial charge in [-0.1, -0.05) is 146 Å². The molecular weight excluding hydrogens is 619 g/mol. The first-order valence-corrected chi connectivity index (χ1v) is 17.6. The molecular formula is C49H33NO. The molecule has 1 aliphatic carbocycles. The second kappa shape index (κ2) is 12.0. The number of hydrogen-bond acceptors (Lipinski definition) is 2. The molecule has 0 unspecified atom stereocenters. The molecule has 2 nitrogen and oxygen atoms in total. The topological polar surface area (TPSA) is 16.4 Å². The molecule has 0 bridgehead atoms. The Hall–Kier alpha value is -6.64. The summed E-state index contributed by atoms with van der Waals surface area (Å²) in [5.41, 5.74) is 12.6. The van der Waals surface area contributed by atoms with Crippen LogP contribution in [0.3, 0.4) is 0 Å². The van der Waals surface area contributed by atoms with E-state index in [1.54, 1.807) is 0 Å². The first-order chi connectivity index (χ1) is 25.3. The van der Waals surface area contributed by atoms with Gasteiger partial charge in [0.1, 0.15) is 11.2 Å². The summed E-state index contributed by atoms with van der Waals surface area (Å²) in [7, 11) is 0. The smallest absolute Gasteiger partial charge is 0.143 e. The highest BCUT2D eigenvalue weighted by Crippen LogP contribution is 2.44. The van der Waals surface area contributed by atoms with Gasteiger partial charge in [0.2, 0.25) is 0 Å². The first kappa shape index (κ1) is 29.3. The minimum atomic E-state index is 0.906. The van der Waals surface area contributed by atoms with Crippen LogP contribution >= 0.6 is 0 Å². The van der Waals surface area contributed by atoms with Crippen molar-refractivity contribution in [2.45, 2.75) is 6.42 Å². The van der Waals surface area contributed by atoms with Crippen LogP contribution in [0.5, 0.6) is 0 Å². The second-order valence-electron chi connectivity index (χ2n) is 13.2. The second-order valence-corrected chi connectivity index (χ2v) is 13.2. The maximum Gasteiger partial charge on any atom is 0.143 e. The lowest BCUT2D eigenvalue weighted by Crippen LogP contribution is -2.10. The fourth-order valence-electron chi connectivity index (χ4n) is 7.86. The van der Waals surface area contributed by atoms with Crippen molar-refractivity contribution >= 4 is 66.1 Å². The normalized spacial score (nSPS) is 12.7. The van der Waals surface area contributed by atoms with E-state index in [2.05, 4.69) is 193 Å². The van der Waals surface area contributed by atoms with E-state index in [4.69, 9.17) is 4.42 Å². The van der Waals surface area contributed by atoms with Gasteiger partial charge in [-0.15, -0.1) is 0 Å². The minimum absolute atomic E-state index is 0.906. The Morgan fingerprint density at radius 2 is 1.12 bits per heavy atom. The molecule has 0 fully saturated rings. The van der Waals surface area contributed by atoms with Crippen LogP contribution in [-0.4, -0.2) is 0 Å². The fraction of sp³-hybridized carbons (Fsp3) is 0.0204. The Bertz CT molecular complexity index is 2800. The Morgan fingerprint density at radius 1 is 0.471 bits per heavy atom. The number of rotatable bonds is 6. The van der Waals surface area contributed by atoms with Crippen LogP contribution in [0.15, 0.2) is 193 Å². The third-order valence-corrected chi connectivity index (χ3v) is 10.3. The van der Waals surface area contributed by atoms with Gasteiger partial charge in [0.05, 0.1) is 5.69 Å². The van der Waals surface area contributed by atoms with Crippen molar-refractivity contribution in [2.75, 3.05) is 4.90 Å².